The smallest absolute Gasteiger partial charge is 0.317 e. The predicted octanol–water partition coefficient (Wildman–Crippen LogP) is 1.58. The second-order valence-corrected chi connectivity index (χ2v) is 5.58. The molecule has 1 saturated heterocycles. The molecule has 1 aromatic carbocycles. The van der Waals surface area contributed by atoms with Crippen LogP contribution in [0.15, 0.2) is 18.2 Å². The molecule has 0 radical (unpaired) electrons. The summed E-state index contributed by atoms with van der Waals surface area (Å²) >= 11 is 0. The Hall–Kier alpha value is -2.44. The molecule has 0 saturated carbocycles. The van der Waals surface area contributed by atoms with Gasteiger partial charge in [-0.1, -0.05) is 6.92 Å². The van der Waals surface area contributed by atoms with Crippen molar-refractivity contribution in [2.24, 2.45) is 0 Å². The van der Waals surface area contributed by atoms with Gasteiger partial charge in [-0.3, -0.25) is 4.79 Å². The Labute approximate surface area is 142 Å². The van der Waals surface area contributed by atoms with Crippen LogP contribution in [0.2, 0.25) is 0 Å². The molecule has 1 N–H and O–H groups in total. The topological polar surface area (TPSA) is 71.1 Å². The van der Waals surface area contributed by atoms with Gasteiger partial charge in [0.15, 0.2) is 0 Å². The first-order valence-electron chi connectivity index (χ1n) is 8.14. The zero-order chi connectivity index (χ0) is 17.5. The summed E-state index contributed by atoms with van der Waals surface area (Å²) in [5, 5.41) is 2.86. The standard InChI is InChI=1S/C17H25N3O4/c1-4-7-18-17(22)20-10-8-19(9-11-20)16(21)14-6-5-13(23-2)12-15(14)24-3/h5-6,12H,4,7-11H2,1-3H3,(H,18,22). The Morgan fingerprint density at radius 1 is 1.08 bits per heavy atom. The molecule has 0 aromatic heterocycles. The van der Waals surface area contributed by atoms with Gasteiger partial charge in [0.25, 0.3) is 5.91 Å². The Morgan fingerprint density at radius 3 is 2.33 bits per heavy atom. The Bertz CT molecular complexity index is 583. The van der Waals surface area contributed by atoms with E-state index in [0.717, 1.165) is 6.42 Å². The summed E-state index contributed by atoms with van der Waals surface area (Å²) in [5.41, 5.74) is 0.502. The third-order valence-electron chi connectivity index (χ3n) is 4.02. The molecule has 7 heteroatoms. The van der Waals surface area contributed by atoms with E-state index in [0.29, 0.717) is 49.8 Å². The minimum absolute atomic E-state index is 0.0639. The number of hydrogen-bond donors (Lipinski definition) is 1. The van der Waals surface area contributed by atoms with Crippen molar-refractivity contribution < 1.29 is 19.1 Å². The first-order chi connectivity index (χ1) is 11.6. The summed E-state index contributed by atoms with van der Waals surface area (Å²) in [6, 6.07) is 5.08. The van der Waals surface area contributed by atoms with E-state index in [1.165, 1.54) is 7.11 Å². The van der Waals surface area contributed by atoms with Crippen molar-refractivity contribution in [3.63, 3.8) is 0 Å². The molecular formula is C17H25N3O4. The number of urea groups is 1. The number of amides is 3. The van der Waals surface area contributed by atoms with Crippen LogP contribution < -0.4 is 14.8 Å². The largest absolute Gasteiger partial charge is 0.497 e. The second kappa shape index (κ2) is 8.42. The van der Waals surface area contributed by atoms with Crippen LogP contribution >= 0.6 is 0 Å². The molecule has 0 aliphatic carbocycles. The Balaban J connectivity index is 1.99. The molecule has 0 atom stereocenters. The average Bonchev–Trinajstić information content (AvgIpc) is 2.65. The number of rotatable bonds is 5. The van der Waals surface area contributed by atoms with E-state index >= 15 is 0 Å². The minimum Gasteiger partial charge on any atom is -0.497 e. The molecule has 1 aliphatic heterocycles. The first-order valence-corrected chi connectivity index (χ1v) is 8.14. The van der Waals surface area contributed by atoms with Crippen molar-refractivity contribution in [1.29, 1.82) is 0 Å². The van der Waals surface area contributed by atoms with Gasteiger partial charge in [-0.05, 0) is 18.6 Å². The zero-order valence-corrected chi connectivity index (χ0v) is 14.5. The summed E-state index contributed by atoms with van der Waals surface area (Å²) in [6.45, 7) is 4.75. The molecule has 2 rings (SSSR count). The fourth-order valence-corrected chi connectivity index (χ4v) is 2.60. The fraction of sp³-hybridized carbons (Fsp3) is 0.529. The van der Waals surface area contributed by atoms with Crippen LogP contribution in [0.3, 0.4) is 0 Å². The Morgan fingerprint density at radius 2 is 1.75 bits per heavy atom. The van der Waals surface area contributed by atoms with E-state index in [4.69, 9.17) is 9.47 Å². The first kappa shape index (κ1) is 17.9. The summed E-state index contributed by atoms with van der Waals surface area (Å²) in [7, 11) is 3.10. The summed E-state index contributed by atoms with van der Waals surface area (Å²) < 4.78 is 10.5. The number of benzene rings is 1. The van der Waals surface area contributed by atoms with Gasteiger partial charge in [0.2, 0.25) is 0 Å². The lowest BCUT2D eigenvalue weighted by Gasteiger charge is -2.35. The number of nitrogens with zero attached hydrogens (tertiary/aromatic N) is 2. The minimum atomic E-state index is -0.0943. The van der Waals surface area contributed by atoms with Gasteiger partial charge in [0, 0.05) is 38.8 Å². The highest BCUT2D eigenvalue weighted by atomic mass is 16.5. The van der Waals surface area contributed by atoms with Crippen LogP contribution in [0, 0.1) is 0 Å². The van der Waals surface area contributed by atoms with Crippen LogP contribution in [0.4, 0.5) is 4.79 Å². The lowest BCUT2D eigenvalue weighted by Crippen LogP contribution is -2.53. The van der Waals surface area contributed by atoms with Gasteiger partial charge >= 0.3 is 6.03 Å². The van der Waals surface area contributed by atoms with E-state index in [1.807, 2.05) is 6.92 Å². The molecule has 0 bridgehead atoms. The lowest BCUT2D eigenvalue weighted by atomic mass is 10.1. The van der Waals surface area contributed by atoms with E-state index in [-0.39, 0.29) is 11.9 Å². The SMILES string of the molecule is CCCNC(=O)N1CCN(C(=O)c2ccc(OC)cc2OC)CC1. The quantitative estimate of drug-likeness (QED) is 0.887. The van der Waals surface area contributed by atoms with Gasteiger partial charge in [-0.25, -0.2) is 4.79 Å². The van der Waals surface area contributed by atoms with Crippen molar-refractivity contribution in [3.05, 3.63) is 23.8 Å². The lowest BCUT2D eigenvalue weighted by molar-refractivity contribution is 0.0662. The monoisotopic (exact) mass is 335 g/mol. The zero-order valence-electron chi connectivity index (χ0n) is 14.5. The third kappa shape index (κ3) is 4.10. The maximum Gasteiger partial charge on any atom is 0.317 e. The highest BCUT2D eigenvalue weighted by Gasteiger charge is 2.26. The van der Waals surface area contributed by atoms with Crippen molar-refractivity contribution >= 4 is 11.9 Å². The molecule has 1 fully saturated rings. The van der Waals surface area contributed by atoms with E-state index < -0.39 is 0 Å². The van der Waals surface area contributed by atoms with Crippen molar-refractivity contribution in [1.82, 2.24) is 15.1 Å². The van der Waals surface area contributed by atoms with Crippen LogP contribution in [-0.4, -0.2) is 68.7 Å². The molecule has 0 spiro atoms. The Kier molecular flexibility index (Phi) is 6.28. The number of hydrogen-bond acceptors (Lipinski definition) is 4. The number of ether oxygens (including phenoxy) is 2. The van der Waals surface area contributed by atoms with Crippen LogP contribution in [0.25, 0.3) is 0 Å². The van der Waals surface area contributed by atoms with E-state index in [1.54, 1.807) is 35.1 Å². The number of carbonyl (C=O) groups is 2. The number of methoxy groups -OCH3 is 2. The summed E-state index contributed by atoms with van der Waals surface area (Å²) in [5.74, 6) is 1.03. The maximum atomic E-state index is 12.7. The molecule has 1 aliphatic rings. The van der Waals surface area contributed by atoms with Gasteiger partial charge in [-0.2, -0.15) is 0 Å². The molecule has 0 unspecified atom stereocenters. The van der Waals surface area contributed by atoms with Gasteiger partial charge in [0.1, 0.15) is 11.5 Å². The van der Waals surface area contributed by atoms with E-state index in [9.17, 15) is 9.59 Å². The van der Waals surface area contributed by atoms with Gasteiger partial charge in [-0.15, -0.1) is 0 Å². The van der Waals surface area contributed by atoms with Gasteiger partial charge < -0.3 is 24.6 Å². The predicted molar refractivity (Wildman–Crippen MR) is 90.7 cm³/mol. The molecular weight excluding hydrogens is 310 g/mol. The molecule has 7 nitrogen and oxygen atoms in total. The molecule has 1 heterocycles. The average molecular weight is 335 g/mol. The highest BCUT2D eigenvalue weighted by molar-refractivity contribution is 5.97. The second-order valence-electron chi connectivity index (χ2n) is 5.58. The summed E-state index contributed by atoms with van der Waals surface area (Å²) in [4.78, 5) is 28.2. The van der Waals surface area contributed by atoms with Crippen molar-refractivity contribution in [2.45, 2.75) is 13.3 Å². The van der Waals surface area contributed by atoms with Crippen LogP contribution in [0.1, 0.15) is 23.7 Å². The maximum absolute atomic E-state index is 12.7. The summed E-state index contributed by atoms with van der Waals surface area (Å²) in [6.07, 6.45) is 0.904. The number of carbonyl (C=O) groups excluding carboxylic acids is 2. The van der Waals surface area contributed by atoms with Crippen LogP contribution in [0.5, 0.6) is 11.5 Å². The van der Waals surface area contributed by atoms with Crippen LogP contribution in [-0.2, 0) is 0 Å². The highest BCUT2D eigenvalue weighted by Crippen LogP contribution is 2.26. The van der Waals surface area contributed by atoms with Crippen molar-refractivity contribution in [3.8, 4) is 11.5 Å². The van der Waals surface area contributed by atoms with E-state index in [2.05, 4.69) is 5.32 Å². The molecule has 24 heavy (non-hydrogen) atoms. The number of nitrogens with one attached hydrogen (secondary N) is 1. The molecule has 132 valence electrons. The van der Waals surface area contributed by atoms with Crippen molar-refractivity contribution in [2.75, 3.05) is 46.9 Å². The van der Waals surface area contributed by atoms with Gasteiger partial charge in [0.05, 0.1) is 19.8 Å². The number of piperazine rings is 1. The normalized spacial score (nSPS) is 14.3. The third-order valence-corrected chi connectivity index (χ3v) is 4.02. The fourth-order valence-electron chi connectivity index (χ4n) is 2.60. The molecule has 1 aromatic rings. The molecule has 3 amide bonds.